The van der Waals surface area contributed by atoms with Crippen molar-refractivity contribution in [3.05, 3.63) is 56.3 Å². The van der Waals surface area contributed by atoms with Gasteiger partial charge in [-0.1, -0.05) is 25.1 Å². The fraction of sp³-hybridized carbons (Fsp3) is 0.300. The van der Waals surface area contributed by atoms with Crippen LogP contribution in [-0.4, -0.2) is 21.6 Å². The maximum atomic E-state index is 13.0. The maximum Gasteiger partial charge on any atom is 0.277 e. The summed E-state index contributed by atoms with van der Waals surface area (Å²) in [5, 5.41) is 8.31. The van der Waals surface area contributed by atoms with Gasteiger partial charge in [-0.05, 0) is 36.8 Å². The Bertz CT molecular complexity index is 1180. The van der Waals surface area contributed by atoms with Gasteiger partial charge in [-0.15, -0.1) is 11.3 Å². The molecule has 2 amide bonds. The van der Waals surface area contributed by atoms with Crippen LogP contribution in [0.15, 0.2) is 29.1 Å². The molecule has 1 aliphatic carbocycles. The fourth-order valence-electron chi connectivity index (χ4n) is 3.73. The Labute approximate surface area is 165 Å². The van der Waals surface area contributed by atoms with E-state index in [2.05, 4.69) is 17.3 Å². The number of nitrogens with zero attached hydrogens (tertiary/aromatic N) is 2. The largest absolute Gasteiger partial charge is 0.365 e. The van der Waals surface area contributed by atoms with E-state index in [0.29, 0.717) is 27.3 Å². The van der Waals surface area contributed by atoms with Crippen LogP contribution in [0.25, 0.3) is 10.8 Å². The van der Waals surface area contributed by atoms with Crippen molar-refractivity contribution in [3.8, 4) is 0 Å². The first kappa shape index (κ1) is 18.4. The van der Waals surface area contributed by atoms with Gasteiger partial charge in [-0.25, -0.2) is 4.68 Å². The van der Waals surface area contributed by atoms with Crippen molar-refractivity contribution in [1.29, 1.82) is 0 Å². The number of carbonyl (C=O) groups is 2. The molecule has 2 heterocycles. The van der Waals surface area contributed by atoms with E-state index in [9.17, 15) is 14.4 Å². The van der Waals surface area contributed by atoms with Crippen LogP contribution < -0.4 is 16.6 Å². The lowest BCUT2D eigenvalue weighted by molar-refractivity contribution is 0.1000. The molecule has 0 saturated heterocycles. The minimum absolute atomic E-state index is 0.132. The van der Waals surface area contributed by atoms with E-state index in [0.717, 1.165) is 34.4 Å². The molecular weight excluding hydrogens is 376 g/mol. The Balaban J connectivity index is 1.78. The quantitative estimate of drug-likeness (QED) is 0.709. The predicted octanol–water partition coefficient (Wildman–Crippen LogP) is 2.47. The Morgan fingerprint density at radius 3 is 2.71 bits per heavy atom. The summed E-state index contributed by atoms with van der Waals surface area (Å²) in [5.74, 6) is -0.480. The topological polar surface area (TPSA) is 107 Å². The number of fused-ring (bicyclic) bond motifs is 2. The third kappa shape index (κ3) is 2.99. The molecule has 0 bridgehead atoms. The molecule has 1 aromatic carbocycles. The molecule has 3 N–H and O–H groups in total. The van der Waals surface area contributed by atoms with Crippen LogP contribution in [-0.2, 0) is 19.9 Å². The van der Waals surface area contributed by atoms with Crippen molar-refractivity contribution in [2.45, 2.75) is 26.2 Å². The summed E-state index contributed by atoms with van der Waals surface area (Å²) < 4.78 is 1.15. The van der Waals surface area contributed by atoms with Gasteiger partial charge in [0.05, 0.1) is 10.9 Å². The number of anilines is 1. The molecule has 1 aliphatic rings. The van der Waals surface area contributed by atoms with Gasteiger partial charge in [0.1, 0.15) is 5.00 Å². The number of thiophene rings is 1. The Hall–Kier alpha value is -3.00. The van der Waals surface area contributed by atoms with E-state index in [1.165, 1.54) is 18.4 Å². The molecule has 3 aromatic rings. The average Bonchev–Trinajstić information content (AvgIpc) is 3.01. The lowest BCUT2D eigenvalue weighted by Gasteiger charge is -2.18. The molecule has 4 rings (SSSR count). The van der Waals surface area contributed by atoms with Crippen molar-refractivity contribution >= 4 is 38.9 Å². The smallest absolute Gasteiger partial charge is 0.277 e. The number of amides is 2. The number of rotatable bonds is 3. The minimum Gasteiger partial charge on any atom is -0.365 e. The molecule has 0 radical (unpaired) electrons. The van der Waals surface area contributed by atoms with Crippen LogP contribution in [0.2, 0.25) is 0 Å². The summed E-state index contributed by atoms with van der Waals surface area (Å²) in [5.41, 5.74) is 6.83. The van der Waals surface area contributed by atoms with Crippen LogP contribution in [0.5, 0.6) is 0 Å². The maximum absolute atomic E-state index is 13.0. The molecule has 0 spiro atoms. The summed E-state index contributed by atoms with van der Waals surface area (Å²) in [6, 6.07) is 6.84. The lowest BCUT2D eigenvalue weighted by Crippen LogP contribution is -2.26. The second kappa shape index (κ2) is 6.87. The Morgan fingerprint density at radius 1 is 1.29 bits per heavy atom. The summed E-state index contributed by atoms with van der Waals surface area (Å²) in [6.07, 6.45) is 2.64. The van der Waals surface area contributed by atoms with E-state index < -0.39 is 11.8 Å². The van der Waals surface area contributed by atoms with Gasteiger partial charge in [0.15, 0.2) is 5.69 Å². The summed E-state index contributed by atoms with van der Waals surface area (Å²) in [4.78, 5) is 38.5. The van der Waals surface area contributed by atoms with Gasteiger partial charge in [-0.2, -0.15) is 5.10 Å². The third-order valence-corrected chi connectivity index (χ3v) is 6.33. The highest BCUT2D eigenvalue weighted by atomic mass is 32.1. The number of carbonyl (C=O) groups excluding carboxylic acids is 2. The number of benzene rings is 1. The molecule has 144 valence electrons. The van der Waals surface area contributed by atoms with Crippen molar-refractivity contribution in [2.75, 3.05) is 5.32 Å². The highest BCUT2D eigenvalue weighted by molar-refractivity contribution is 7.17. The van der Waals surface area contributed by atoms with Crippen LogP contribution in [0, 0.1) is 5.92 Å². The zero-order chi connectivity index (χ0) is 20.0. The van der Waals surface area contributed by atoms with E-state index in [1.807, 2.05) is 0 Å². The molecular formula is C20H20N4O3S. The summed E-state index contributed by atoms with van der Waals surface area (Å²) in [7, 11) is 1.51. The molecule has 0 unspecified atom stereocenters. The average molecular weight is 396 g/mol. The van der Waals surface area contributed by atoms with Crippen LogP contribution in [0.4, 0.5) is 5.00 Å². The first-order chi connectivity index (χ1) is 13.4. The van der Waals surface area contributed by atoms with Crippen molar-refractivity contribution in [2.24, 2.45) is 18.7 Å². The Kier molecular flexibility index (Phi) is 4.50. The number of aryl methyl sites for hydroxylation is 1. The van der Waals surface area contributed by atoms with Gasteiger partial charge in [0.2, 0.25) is 0 Å². The van der Waals surface area contributed by atoms with Crippen molar-refractivity contribution in [1.82, 2.24) is 9.78 Å². The first-order valence-electron chi connectivity index (χ1n) is 9.08. The van der Waals surface area contributed by atoms with E-state index >= 15 is 0 Å². The van der Waals surface area contributed by atoms with Crippen molar-refractivity contribution in [3.63, 3.8) is 0 Å². The second-order valence-electron chi connectivity index (χ2n) is 7.20. The van der Waals surface area contributed by atoms with Gasteiger partial charge in [0, 0.05) is 17.3 Å². The highest BCUT2D eigenvalue weighted by Crippen LogP contribution is 2.39. The molecule has 0 saturated carbocycles. The zero-order valence-electron chi connectivity index (χ0n) is 15.6. The van der Waals surface area contributed by atoms with E-state index in [4.69, 9.17) is 5.73 Å². The molecule has 1 atom stereocenters. The number of primary amides is 1. The zero-order valence-corrected chi connectivity index (χ0v) is 16.4. The number of hydrogen-bond acceptors (Lipinski definition) is 5. The fourth-order valence-corrected chi connectivity index (χ4v) is 5.14. The monoisotopic (exact) mass is 396 g/mol. The lowest BCUT2D eigenvalue weighted by atomic mass is 9.88. The normalized spacial score (nSPS) is 16.0. The van der Waals surface area contributed by atoms with Crippen LogP contribution in [0.1, 0.15) is 44.6 Å². The summed E-state index contributed by atoms with van der Waals surface area (Å²) >= 11 is 1.40. The Morgan fingerprint density at radius 2 is 2.00 bits per heavy atom. The van der Waals surface area contributed by atoms with Gasteiger partial charge in [0.25, 0.3) is 17.4 Å². The molecule has 8 heteroatoms. The molecule has 7 nitrogen and oxygen atoms in total. The first-order valence-corrected chi connectivity index (χ1v) is 9.90. The van der Waals surface area contributed by atoms with Crippen molar-refractivity contribution < 1.29 is 9.59 Å². The number of nitrogens with two attached hydrogens (primary N) is 1. The third-order valence-electron chi connectivity index (χ3n) is 5.16. The molecule has 2 aromatic heterocycles. The highest BCUT2D eigenvalue weighted by Gasteiger charge is 2.28. The van der Waals surface area contributed by atoms with Gasteiger partial charge >= 0.3 is 0 Å². The standard InChI is InChI=1S/C20H20N4O3S/c1-10-7-8-13-14(9-10)28-19(15(13)17(21)25)22-18(26)16-11-5-3-4-6-12(11)20(27)24(2)23-16/h3-6,10H,7-9H2,1-2H3,(H2,21,25)(H,22,26)/t10-/m0/s1. The summed E-state index contributed by atoms with van der Waals surface area (Å²) in [6.45, 7) is 2.17. The van der Waals surface area contributed by atoms with Crippen LogP contribution in [0.3, 0.4) is 0 Å². The number of hydrogen-bond donors (Lipinski definition) is 2. The predicted molar refractivity (Wildman–Crippen MR) is 109 cm³/mol. The van der Waals surface area contributed by atoms with E-state index in [-0.39, 0.29) is 11.3 Å². The number of aromatic nitrogens is 2. The molecule has 0 fully saturated rings. The molecule has 0 aliphatic heterocycles. The van der Waals surface area contributed by atoms with Gasteiger partial charge in [-0.3, -0.25) is 14.4 Å². The van der Waals surface area contributed by atoms with E-state index in [1.54, 1.807) is 24.3 Å². The SMILES string of the molecule is C[C@H]1CCc2c(sc(NC(=O)c3nn(C)c(=O)c4ccccc34)c2C(N)=O)C1. The van der Waals surface area contributed by atoms with Gasteiger partial charge < -0.3 is 11.1 Å². The second-order valence-corrected chi connectivity index (χ2v) is 8.30. The minimum atomic E-state index is -0.541. The number of nitrogens with one attached hydrogen (secondary N) is 1. The molecule has 28 heavy (non-hydrogen) atoms. The van der Waals surface area contributed by atoms with Crippen LogP contribution >= 0.6 is 11.3 Å².